The lowest BCUT2D eigenvalue weighted by Crippen LogP contribution is -2.28. The van der Waals surface area contributed by atoms with Crippen molar-refractivity contribution < 1.29 is 4.79 Å². The van der Waals surface area contributed by atoms with E-state index >= 15 is 0 Å². The van der Waals surface area contributed by atoms with Gasteiger partial charge in [0.1, 0.15) is 12.1 Å². The van der Waals surface area contributed by atoms with E-state index in [4.69, 9.17) is 0 Å². The molecule has 8 nitrogen and oxygen atoms in total. The van der Waals surface area contributed by atoms with Crippen LogP contribution >= 0.6 is 0 Å². The van der Waals surface area contributed by atoms with Gasteiger partial charge in [-0.15, -0.1) is 5.10 Å². The molecule has 160 valence electrons. The third kappa shape index (κ3) is 3.45. The number of nitrogens with zero attached hydrogens (tertiary/aromatic N) is 5. The average molecular weight is 426 g/mol. The first kappa shape index (κ1) is 19.7. The fourth-order valence-corrected chi connectivity index (χ4v) is 3.78. The zero-order chi connectivity index (χ0) is 22.4. The Morgan fingerprint density at radius 2 is 1.69 bits per heavy atom. The molecule has 0 aliphatic heterocycles. The first-order valence-corrected chi connectivity index (χ1v) is 10.3. The number of carbonyl (C=O) groups excluding carboxylic acids is 1. The Hall–Kier alpha value is -4.20. The van der Waals surface area contributed by atoms with E-state index in [2.05, 4.69) is 15.5 Å². The van der Waals surface area contributed by atoms with E-state index in [1.165, 1.54) is 14.6 Å². The number of nitrogens with one attached hydrogen (secondary N) is 1. The molecule has 3 aromatic heterocycles. The molecule has 0 aliphatic rings. The maximum Gasteiger partial charge on any atom is 0.350 e. The fraction of sp³-hybridized carbons (Fsp3) is 0.167. The van der Waals surface area contributed by atoms with Gasteiger partial charge < -0.3 is 5.32 Å². The van der Waals surface area contributed by atoms with Gasteiger partial charge in [-0.3, -0.25) is 4.79 Å². The molecule has 0 fully saturated rings. The summed E-state index contributed by atoms with van der Waals surface area (Å²) in [4.78, 5) is 25.4. The number of fused-ring (bicyclic) bond motifs is 3. The van der Waals surface area contributed by atoms with Crippen molar-refractivity contribution in [1.82, 2.24) is 23.8 Å². The summed E-state index contributed by atoms with van der Waals surface area (Å²) in [6.07, 6.45) is 3.32. The molecule has 1 N–H and O–H groups in total. The number of aryl methyl sites for hydroxylation is 3. The van der Waals surface area contributed by atoms with Gasteiger partial charge >= 0.3 is 5.69 Å². The molecule has 1 amide bonds. The topological polar surface area (TPSA) is 85.7 Å². The molecule has 0 saturated heterocycles. The molecule has 0 aliphatic carbocycles. The first-order valence-electron chi connectivity index (χ1n) is 10.3. The SMILES string of the molecule is Cc1ccc(-c2cc3c4nn(CC(=O)Nc5ccc(C)cc5C)c(=O)n4ccn3n2)cc1. The number of anilines is 1. The van der Waals surface area contributed by atoms with E-state index in [1.807, 2.05) is 69.3 Å². The Bertz CT molecular complexity index is 1540. The quantitative estimate of drug-likeness (QED) is 0.477. The lowest BCUT2D eigenvalue weighted by Gasteiger charge is -2.08. The molecule has 0 bridgehead atoms. The Balaban J connectivity index is 1.48. The van der Waals surface area contributed by atoms with Crippen molar-refractivity contribution >= 4 is 22.8 Å². The summed E-state index contributed by atoms with van der Waals surface area (Å²) >= 11 is 0. The summed E-state index contributed by atoms with van der Waals surface area (Å²) in [7, 11) is 0. The Labute approximate surface area is 183 Å². The van der Waals surface area contributed by atoms with Gasteiger partial charge in [-0.05, 0) is 38.5 Å². The normalized spacial score (nSPS) is 11.3. The molecule has 5 rings (SSSR count). The van der Waals surface area contributed by atoms with Crippen molar-refractivity contribution in [2.24, 2.45) is 0 Å². The van der Waals surface area contributed by atoms with E-state index in [9.17, 15) is 9.59 Å². The van der Waals surface area contributed by atoms with Crippen LogP contribution < -0.4 is 11.0 Å². The highest BCUT2D eigenvalue weighted by Crippen LogP contribution is 2.22. The van der Waals surface area contributed by atoms with Crippen molar-refractivity contribution in [3.05, 3.63) is 88.1 Å². The summed E-state index contributed by atoms with van der Waals surface area (Å²) in [5.74, 6) is -0.313. The minimum absolute atomic E-state index is 0.182. The van der Waals surface area contributed by atoms with Gasteiger partial charge in [0.2, 0.25) is 5.91 Å². The summed E-state index contributed by atoms with van der Waals surface area (Å²) in [6, 6.07) is 15.8. The zero-order valence-electron chi connectivity index (χ0n) is 18.0. The molecule has 0 unspecified atom stereocenters. The zero-order valence-corrected chi connectivity index (χ0v) is 18.0. The van der Waals surface area contributed by atoms with Crippen LogP contribution in [0.25, 0.3) is 22.4 Å². The van der Waals surface area contributed by atoms with E-state index in [0.29, 0.717) is 11.2 Å². The van der Waals surface area contributed by atoms with Gasteiger partial charge in [-0.25, -0.2) is 18.4 Å². The molecule has 0 atom stereocenters. The predicted octanol–water partition coefficient (Wildman–Crippen LogP) is 3.37. The van der Waals surface area contributed by atoms with Crippen molar-refractivity contribution in [2.75, 3.05) is 5.32 Å². The van der Waals surface area contributed by atoms with E-state index in [-0.39, 0.29) is 18.1 Å². The van der Waals surface area contributed by atoms with Gasteiger partial charge in [-0.2, -0.15) is 5.10 Å². The highest BCUT2D eigenvalue weighted by atomic mass is 16.2. The van der Waals surface area contributed by atoms with Crippen molar-refractivity contribution in [3.63, 3.8) is 0 Å². The summed E-state index contributed by atoms with van der Waals surface area (Å²) in [5, 5.41) is 11.9. The van der Waals surface area contributed by atoms with Gasteiger partial charge in [0.05, 0.1) is 5.69 Å². The van der Waals surface area contributed by atoms with Gasteiger partial charge in [0, 0.05) is 23.6 Å². The minimum atomic E-state index is -0.378. The Morgan fingerprint density at radius 1 is 0.938 bits per heavy atom. The maximum atomic E-state index is 12.8. The van der Waals surface area contributed by atoms with Crippen LogP contribution in [0.3, 0.4) is 0 Å². The van der Waals surface area contributed by atoms with Crippen molar-refractivity contribution in [2.45, 2.75) is 27.3 Å². The van der Waals surface area contributed by atoms with Crippen LogP contribution in [0.2, 0.25) is 0 Å². The number of hydrogen-bond donors (Lipinski definition) is 1. The third-order valence-corrected chi connectivity index (χ3v) is 5.49. The Morgan fingerprint density at radius 3 is 2.44 bits per heavy atom. The molecule has 3 heterocycles. The lowest BCUT2D eigenvalue weighted by atomic mass is 10.1. The molecule has 32 heavy (non-hydrogen) atoms. The van der Waals surface area contributed by atoms with Crippen LogP contribution in [-0.4, -0.2) is 29.7 Å². The molecular weight excluding hydrogens is 404 g/mol. The second-order valence-electron chi connectivity index (χ2n) is 8.02. The summed E-state index contributed by atoms with van der Waals surface area (Å²) < 4.78 is 4.30. The fourth-order valence-electron chi connectivity index (χ4n) is 3.78. The molecule has 0 radical (unpaired) electrons. The van der Waals surface area contributed by atoms with Gasteiger partial charge in [0.25, 0.3) is 0 Å². The molecule has 8 heteroatoms. The van der Waals surface area contributed by atoms with Crippen molar-refractivity contribution in [1.29, 1.82) is 0 Å². The number of hydrogen-bond acceptors (Lipinski definition) is 4. The predicted molar refractivity (Wildman–Crippen MR) is 123 cm³/mol. The van der Waals surface area contributed by atoms with E-state index < -0.39 is 0 Å². The summed E-state index contributed by atoms with van der Waals surface area (Å²) in [6.45, 7) is 5.78. The molecule has 0 spiro atoms. The number of rotatable bonds is 4. The monoisotopic (exact) mass is 426 g/mol. The van der Waals surface area contributed by atoms with Crippen LogP contribution in [0, 0.1) is 20.8 Å². The first-order chi connectivity index (χ1) is 15.4. The molecule has 5 aromatic rings. The van der Waals surface area contributed by atoms with Gasteiger partial charge in [-0.1, -0.05) is 47.5 Å². The summed E-state index contributed by atoms with van der Waals surface area (Å²) in [5.41, 5.74) is 6.49. The lowest BCUT2D eigenvalue weighted by molar-refractivity contribution is -0.117. The highest BCUT2D eigenvalue weighted by Gasteiger charge is 2.16. The molecular formula is C24H22N6O2. The van der Waals surface area contributed by atoms with Crippen LogP contribution in [0.1, 0.15) is 16.7 Å². The van der Waals surface area contributed by atoms with Crippen LogP contribution in [0.5, 0.6) is 0 Å². The number of carbonyl (C=O) groups is 1. The molecule has 2 aromatic carbocycles. The Kier molecular flexibility index (Phi) is 4.62. The largest absolute Gasteiger partial charge is 0.350 e. The van der Waals surface area contributed by atoms with Crippen LogP contribution in [-0.2, 0) is 11.3 Å². The van der Waals surface area contributed by atoms with Crippen molar-refractivity contribution in [3.8, 4) is 11.3 Å². The van der Waals surface area contributed by atoms with E-state index in [0.717, 1.165) is 28.1 Å². The average Bonchev–Trinajstić information content (AvgIpc) is 3.32. The number of benzene rings is 2. The smallest absolute Gasteiger partial charge is 0.324 e. The minimum Gasteiger partial charge on any atom is -0.324 e. The second-order valence-corrected chi connectivity index (χ2v) is 8.02. The number of aromatic nitrogens is 5. The van der Waals surface area contributed by atoms with E-state index in [1.54, 1.807) is 16.9 Å². The van der Waals surface area contributed by atoms with Gasteiger partial charge in [0.15, 0.2) is 5.65 Å². The van der Waals surface area contributed by atoms with Crippen LogP contribution in [0.4, 0.5) is 5.69 Å². The highest BCUT2D eigenvalue weighted by molar-refractivity contribution is 5.91. The molecule has 0 saturated carbocycles. The number of amides is 1. The standard InChI is InChI=1S/C24H22N6O2/c1-15-4-7-18(8-5-15)20-13-21-23-27-30(24(32)28(23)10-11-29(21)26-20)14-22(31)25-19-9-6-16(2)12-17(19)3/h4-13H,14H2,1-3H3,(H,25,31). The second kappa shape index (κ2) is 7.49. The van der Waals surface area contributed by atoms with Crippen LogP contribution in [0.15, 0.2) is 65.7 Å². The third-order valence-electron chi connectivity index (χ3n) is 5.49. The maximum absolute atomic E-state index is 12.8.